The first-order chi connectivity index (χ1) is 13.1. The van der Waals surface area contributed by atoms with Gasteiger partial charge in [-0.25, -0.2) is 4.98 Å². The van der Waals surface area contributed by atoms with E-state index in [1.165, 1.54) is 0 Å². The smallest absolute Gasteiger partial charge is 0.229 e. The average molecular weight is 366 g/mol. The Hall–Kier alpha value is -3.48. The fourth-order valence-corrected chi connectivity index (χ4v) is 2.64. The summed E-state index contributed by atoms with van der Waals surface area (Å²) in [4.78, 5) is 8.77. The molecule has 0 amide bonds. The minimum atomic E-state index is 0.498. The third kappa shape index (κ3) is 4.38. The number of rotatable bonds is 7. The summed E-state index contributed by atoms with van der Waals surface area (Å²) in [5, 5.41) is 6.44. The second kappa shape index (κ2) is 8.27. The monoisotopic (exact) mass is 366 g/mol. The molecule has 140 valence electrons. The molecule has 0 saturated heterocycles. The number of hydrogen-bond acceptors (Lipinski definition) is 7. The molecule has 0 bridgehead atoms. The zero-order valence-electron chi connectivity index (χ0n) is 15.7. The summed E-state index contributed by atoms with van der Waals surface area (Å²) in [5.41, 5.74) is 2.84. The lowest BCUT2D eigenvalue weighted by Gasteiger charge is -2.15. The van der Waals surface area contributed by atoms with E-state index in [1.54, 1.807) is 33.6 Å². The second-order valence-corrected chi connectivity index (χ2v) is 5.80. The van der Waals surface area contributed by atoms with Crippen LogP contribution in [-0.4, -0.2) is 31.3 Å². The van der Waals surface area contributed by atoms with Gasteiger partial charge in [0, 0.05) is 29.7 Å². The van der Waals surface area contributed by atoms with Gasteiger partial charge in [0.15, 0.2) is 11.5 Å². The largest absolute Gasteiger partial charge is 0.493 e. The molecular formula is C20H22N4O3. The molecule has 0 saturated carbocycles. The third-order valence-corrected chi connectivity index (χ3v) is 3.87. The predicted octanol–water partition coefficient (Wildman–Crippen LogP) is 4.30. The zero-order chi connectivity index (χ0) is 19.2. The summed E-state index contributed by atoms with van der Waals surface area (Å²) in [6.07, 6.45) is 1.69. The molecule has 3 aromatic rings. The van der Waals surface area contributed by atoms with Crippen molar-refractivity contribution in [2.75, 3.05) is 32.0 Å². The van der Waals surface area contributed by atoms with Crippen molar-refractivity contribution in [3.05, 3.63) is 54.2 Å². The van der Waals surface area contributed by atoms with Crippen LogP contribution in [0.25, 0.3) is 0 Å². The number of nitrogens with zero attached hydrogens (tertiary/aromatic N) is 2. The normalized spacial score (nSPS) is 10.2. The molecular weight excluding hydrogens is 344 g/mol. The van der Waals surface area contributed by atoms with E-state index < -0.39 is 0 Å². The van der Waals surface area contributed by atoms with E-state index >= 15 is 0 Å². The van der Waals surface area contributed by atoms with Crippen LogP contribution >= 0.6 is 0 Å². The van der Waals surface area contributed by atoms with Crippen LogP contribution in [0.1, 0.15) is 5.56 Å². The van der Waals surface area contributed by atoms with Gasteiger partial charge in [0.25, 0.3) is 0 Å². The number of anilines is 4. The maximum absolute atomic E-state index is 5.38. The quantitative estimate of drug-likeness (QED) is 0.645. The van der Waals surface area contributed by atoms with E-state index in [0.717, 1.165) is 16.9 Å². The Morgan fingerprint density at radius 1 is 0.815 bits per heavy atom. The van der Waals surface area contributed by atoms with E-state index in [4.69, 9.17) is 14.2 Å². The molecule has 7 nitrogen and oxygen atoms in total. The van der Waals surface area contributed by atoms with Crippen molar-refractivity contribution in [2.24, 2.45) is 0 Å². The van der Waals surface area contributed by atoms with Gasteiger partial charge in [0.2, 0.25) is 11.7 Å². The lowest BCUT2D eigenvalue weighted by Crippen LogP contribution is -2.01. The zero-order valence-corrected chi connectivity index (χ0v) is 15.7. The number of aryl methyl sites for hydroxylation is 1. The molecule has 0 spiro atoms. The van der Waals surface area contributed by atoms with E-state index in [-0.39, 0.29) is 0 Å². The lowest BCUT2D eigenvalue weighted by molar-refractivity contribution is 0.324. The second-order valence-electron chi connectivity index (χ2n) is 5.80. The van der Waals surface area contributed by atoms with Crippen molar-refractivity contribution in [1.82, 2.24) is 9.97 Å². The van der Waals surface area contributed by atoms with Crippen LogP contribution in [0.2, 0.25) is 0 Å². The number of aromatic nitrogens is 2. The van der Waals surface area contributed by atoms with Gasteiger partial charge in [0.1, 0.15) is 5.82 Å². The van der Waals surface area contributed by atoms with E-state index in [1.807, 2.05) is 43.3 Å². The van der Waals surface area contributed by atoms with Crippen LogP contribution in [0.3, 0.4) is 0 Å². The molecule has 1 aromatic heterocycles. The van der Waals surface area contributed by atoms with Gasteiger partial charge in [-0.1, -0.05) is 12.1 Å². The number of hydrogen-bond donors (Lipinski definition) is 2. The van der Waals surface area contributed by atoms with E-state index in [9.17, 15) is 0 Å². The standard InChI is InChI=1S/C20H22N4O3/c1-13-6-5-7-14(10-13)23-20-21-9-8-18(24-20)22-15-11-16(25-2)19(27-4)17(12-15)26-3/h5-12H,1-4H3,(H2,21,22,23,24). The fourth-order valence-electron chi connectivity index (χ4n) is 2.64. The molecule has 0 aliphatic heterocycles. The van der Waals surface area contributed by atoms with Gasteiger partial charge >= 0.3 is 0 Å². The Balaban J connectivity index is 1.84. The molecule has 2 N–H and O–H groups in total. The van der Waals surface area contributed by atoms with Gasteiger partial charge in [0.05, 0.1) is 21.3 Å². The Morgan fingerprint density at radius 2 is 1.56 bits per heavy atom. The molecule has 0 unspecified atom stereocenters. The summed E-state index contributed by atoms with van der Waals surface area (Å²) < 4.78 is 16.1. The van der Waals surface area contributed by atoms with Crippen molar-refractivity contribution in [3.63, 3.8) is 0 Å². The summed E-state index contributed by atoms with van der Waals surface area (Å²) in [6.45, 7) is 2.04. The van der Waals surface area contributed by atoms with Gasteiger partial charge in [-0.15, -0.1) is 0 Å². The van der Waals surface area contributed by atoms with Gasteiger partial charge < -0.3 is 24.8 Å². The van der Waals surface area contributed by atoms with Crippen LogP contribution in [0.4, 0.5) is 23.1 Å². The third-order valence-electron chi connectivity index (χ3n) is 3.87. The highest BCUT2D eigenvalue weighted by molar-refractivity contribution is 5.67. The maximum Gasteiger partial charge on any atom is 0.229 e. The topological polar surface area (TPSA) is 77.5 Å². The van der Waals surface area contributed by atoms with Crippen LogP contribution in [0.5, 0.6) is 17.2 Å². The highest BCUT2D eigenvalue weighted by Gasteiger charge is 2.13. The molecule has 27 heavy (non-hydrogen) atoms. The summed E-state index contributed by atoms with van der Waals surface area (Å²) in [5.74, 6) is 2.79. The van der Waals surface area contributed by atoms with Crippen molar-refractivity contribution >= 4 is 23.1 Å². The van der Waals surface area contributed by atoms with Crippen LogP contribution in [0, 0.1) is 6.92 Å². The first kappa shape index (κ1) is 18.3. The Bertz CT molecular complexity index is 906. The predicted molar refractivity (Wildman–Crippen MR) is 106 cm³/mol. The summed E-state index contributed by atoms with van der Waals surface area (Å²) in [7, 11) is 4.73. The van der Waals surface area contributed by atoms with Gasteiger partial charge in [-0.2, -0.15) is 4.98 Å². The van der Waals surface area contributed by atoms with Crippen molar-refractivity contribution in [1.29, 1.82) is 0 Å². The molecule has 0 radical (unpaired) electrons. The van der Waals surface area contributed by atoms with Crippen LogP contribution in [-0.2, 0) is 0 Å². The summed E-state index contributed by atoms with van der Waals surface area (Å²) >= 11 is 0. The maximum atomic E-state index is 5.38. The molecule has 3 rings (SSSR count). The lowest BCUT2D eigenvalue weighted by atomic mass is 10.2. The molecule has 0 atom stereocenters. The highest BCUT2D eigenvalue weighted by Crippen LogP contribution is 2.40. The van der Waals surface area contributed by atoms with Crippen molar-refractivity contribution < 1.29 is 14.2 Å². The number of nitrogens with one attached hydrogen (secondary N) is 2. The molecule has 0 aliphatic carbocycles. The number of methoxy groups -OCH3 is 3. The SMILES string of the molecule is COc1cc(Nc2ccnc(Nc3cccc(C)c3)n2)cc(OC)c1OC. The minimum Gasteiger partial charge on any atom is -0.493 e. The highest BCUT2D eigenvalue weighted by atomic mass is 16.5. The Labute approximate surface area is 158 Å². The van der Waals surface area contributed by atoms with E-state index in [0.29, 0.717) is 29.0 Å². The van der Waals surface area contributed by atoms with Gasteiger partial charge in [-0.3, -0.25) is 0 Å². The van der Waals surface area contributed by atoms with Crippen LogP contribution < -0.4 is 24.8 Å². The fraction of sp³-hybridized carbons (Fsp3) is 0.200. The molecule has 0 fully saturated rings. The van der Waals surface area contributed by atoms with E-state index in [2.05, 4.69) is 20.6 Å². The van der Waals surface area contributed by atoms with Crippen LogP contribution in [0.15, 0.2) is 48.7 Å². The van der Waals surface area contributed by atoms with Gasteiger partial charge in [-0.05, 0) is 30.7 Å². The Morgan fingerprint density at radius 3 is 2.19 bits per heavy atom. The first-order valence-electron chi connectivity index (χ1n) is 8.36. The first-order valence-corrected chi connectivity index (χ1v) is 8.36. The summed E-state index contributed by atoms with van der Waals surface area (Å²) in [6, 6.07) is 13.4. The van der Waals surface area contributed by atoms with Crippen molar-refractivity contribution in [2.45, 2.75) is 6.92 Å². The molecule has 1 heterocycles. The minimum absolute atomic E-state index is 0.498. The number of benzene rings is 2. The van der Waals surface area contributed by atoms with Crippen molar-refractivity contribution in [3.8, 4) is 17.2 Å². The number of ether oxygens (including phenoxy) is 3. The molecule has 2 aromatic carbocycles. The Kier molecular flexibility index (Phi) is 5.61. The molecule has 7 heteroatoms. The average Bonchev–Trinajstić information content (AvgIpc) is 2.67. The molecule has 0 aliphatic rings.